The van der Waals surface area contributed by atoms with E-state index in [2.05, 4.69) is 10.3 Å². The number of thioether (sulfide) groups is 1. The number of nitrogens with two attached hydrogens (primary N) is 1. The Morgan fingerprint density at radius 2 is 2.00 bits per heavy atom. The smallest absolute Gasteiger partial charge is 0.352 e. The second-order valence-electron chi connectivity index (χ2n) is 7.45. The molecule has 2 atom stereocenters. The Balaban J connectivity index is 1.54. The standard InChI is InChI=1S/C21H19N5O6S2/c22-21-23-13(10-34-21)12(4-5-14(27)28)17(29)24-15-18(30)26-16(20(31)32)11(9-33-19(15)26)8-25-6-2-1-3-7-25/h1-4,6-7,10,15,19H,5,8-9H2,(H4-,22,23,24,27,28,29,31,32)/p+1/t15?,19-/m1/s1. The Labute approximate surface area is 201 Å². The molecule has 0 aliphatic carbocycles. The van der Waals surface area contributed by atoms with Crippen LogP contribution in [-0.2, 0) is 25.7 Å². The third-order valence-electron chi connectivity index (χ3n) is 5.21. The molecule has 1 fully saturated rings. The number of pyridine rings is 1. The topological polar surface area (TPSA) is 167 Å². The van der Waals surface area contributed by atoms with Crippen molar-refractivity contribution in [3.05, 3.63) is 59.0 Å². The average Bonchev–Trinajstić information content (AvgIpc) is 3.23. The van der Waals surface area contributed by atoms with Gasteiger partial charge in [-0.3, -0.25) is 19.3 Å². The van der Waals surface area contributed by atoms with Crippen LogP contribution in [0.25, 0.3) is 5.57 Å². The fourth-order valence-corrected chi connectivity index (χ4v) is 5.60. The number of aliphatic carboxylic acids is 2. The molecule has 176 valence electrons. The van der Waals surface area contributed by atoms with Crippen molar-refractivity contribution in [1.29, 1.82) is 0 Å². The SMILES string of the molecule is Nc1nc(C(=CCC(=O)O)C(=O)NC2C(=O)N3C(C(=O)O)=C(C[n+]4ccccc4)CS[C@H]23)cs1. The highest BCUT2D eigenvalue weighted by atomic mass is 32.2. The predicted molar refractivity (Wildman–Crippen MR) is 123 cm³/mol. The van der Waals surface area contributed by atoms with E-state index >= 15 is 0 Å². The molecule has 0 radical (unpaired) electrons. The molecule has 2 amide bonds. The molecule has 0 aromatic carbocycles. The van der Waals surface area contributed by atoms with Crippen LogP contribution >= 0.6 is 23.1 Å². The maximum atomic E-state index is 12.9. The van der Waals surface area contributed by atoms with Gasteiger partial charge in [0.05, 0.1) is 17.7 Å². The van der Waals surface area contributed by atoms with Crippen LogP contribution in [0.5, 0.6) is 0 Å². The number of β-lactam (4-membered cyclic amide) rings is 1. The Bertz CT molecular complexity index is 1230. The summed E-state index contributed by atoms with van der Waals surface area (Å²) in [6, 6.07) is 4.54. The van der Waals surface area contributed by atoms with Crippen molar-refractivity contribution in [2.75, 3.05) is 11.5 Å². The zero-order chi connectivity index (χ0) is 24.4. The molecular formula is C21H20N5O6S2+. The van der Waals surface area contributed by atoms with Crippen molar-refractivity contribution in [3.63, 3.8) is 0 Å². The van der Waals surface area contributed by atoms with Crippen molar-refractivity contribution >= 4 is 57.6 Å². The number of thiazole rings is 1. The number of fused-ring (bicyclic) bond motifs is 1. The number of carbonyl (C=O) groups is 4. The van der Waals surface area contributed by atoms with Crippen LogP contribution in [0.4, 0.5) is 5.13 Å². The zero-order valence-corrected chi connectivity index (χ0v) is 19.2. The second-order valence-corrected chi connectivity index (χ2v) is 9.45. The second kappa shape index (κ2) is 9.65. The van der Waals surface area contributed by atoms with Crippen LogP contribution < -0.4 is 15.6 Å². The molecule has 13 heteroatoms. The van der Waals surface area contributed by atoms with Crippen LogP contribution in [-0.4, -0.2) is 61.0 Å². The highest BCUT2D eigenvalue weighted by Gasteiger charge is 2.54. The van der Waals surface area contributed by atoms with Gasteiger partial charge in [0.2, 0.25) is 0 Å². The largest absolute Gasteiger partial charge is 0.481 e. The van der Waals surface area contributed by atoms with E-state index in [9.17, 15) is 24.3 Å². The lowest BCUT2D eigenvalue weighted by atomic mass is 10.0. The summed E-state index contributed by atoms with van der Waals surface area (Å²) in [5.74, 6) is -3.21. The first-order valence-electron chi connectivity index (χ1n) is 10.0. The Kier molecular flexibility index (Phi) is 6.65. The van der Waals surface area contributed by atoms with Gasteiger partial charge >= 0.3 is 11.9 Å². The van der Waals surface area contributed by atoms with E-state index in [-0.39, 0.29) is 22.1 Å². The van der Waals surface area contributed by atoms with Gasteiger partial charge in [0.1, 0.15) is 17.1 Å². The summed E-state index contributed by atoms with van der Waals surface area (Å²) in [5, 5.41) is 22.6. The monoisotopic (exact) mass is 502 g/mol. The van der Waals surface area contributed by atoms with Gasteiger partial charge in [-0.05, 0) is 0 Å². The van der Waals surface area contributed by atoms with E-state index < -0.39 is 41.6 Å². The van der Waals surface area contributed by atoms with Gasteiger partial charge in [0, 0.05) is 28.8 Å². The van der Waals surface area contributed by atoms with Gasteiger partial charge in [-0.2, -0.15) is 0 Å². The summed E-state index contributed by atoms with van der Waals surface area (Å²) < 4.78 is 1.82. The molecule has 1 unspecified atom stereocenters. The number of carboxylic acids is 2. The fraction of sp³-hybridized carbons (Fsp3) is 0.238. The highest BCUT2D eigenvalue weighted by molar-refractivity contribution is 8.00. The lowest BCUT2D eigenvalue weighted by Crippen LogP contribution is -2.70. The summed E-state index contributed by atoms with van der Waals surface area (Å²) >= 11 is 2.45. The number of carboxylic acid groups (broad SMARTS) is 2. The molecule has 4 heterocycles. The minimum absolute atomic E-state index is 0.0161. The first-order chi connectivity index (χ1) is 16.3. The fourth-order valence-electron chi connectivity index (χ4n) is 3.70. The van der Waals surface area contributed by atoms with Crippen molar-refractivity contribution in [1.82, 2.24) is 15.2 Å². The highest BCUT2D eigenvalue weighted by Crippen LogP contribution is 2.40. The van der Waals surface area contributed by atoms with E-state index in [1.54, 1.807) is 12.4 Å². The minimum atomic E-state index is -1.21. The summed E-state index contributed by atoms with van der Waals surface area (Å²) in [5.41, 5.74) is 6.33. The number of rotatable bonds is 8. The van der Waals surface area contributed by atoms with E-state index in [1.807, 2.05) is 22.8 Å². The third-order valence-corrected chi connectivity index (χ3v) is 7.22. The van der Waals surface area contributed by atoms with Crippen LogP contribution in [0.15, 0.2) is 53.3 Å². The molecule has 1 saturated heterocycles. The maximum absolute atomic E-state index is 12.9. The molecule has 2 aliphatic rings. The molecule has 2 aromatic heterocycles. The van der Waals surface area contributed by atoms with Crippen LogP contribution in [0, 0.1) is 0 Å². The molecule has 0 saturated carbocycles. The van der Waals surface area contributed by atoms with E-state index in [0.717, 1.165) is 11.3 Å². The molecule has 34 heavy (non-hydrogen) atoms. The van der Waals surface area contributed by atoms with Gasteiger partial charge in [-0.1, -0.05) is 12.1 Å². The van der Waals surface area contributed by atoms with Crippen LogP contribution in [0.2, 0.25) is 0 Å². The molecule has 4 rings (SSSR count). The number of aromatic nitrogens is 2. The average molecular weight is 503 g/mol. The molecule has 0 spiro atoms. The molecule has 11 nitrogen and oxygen atoms in total. The molecule has 5 N–H and O–H groups in total. The number of hydrogen-bond donors (Lipinski definition) is 4. The number of nitrogen functional groups attached to an aromatic ring is 1. The number of amides is 2. The number of carbonyl (C=O) groups excluding carboxylic acids is 2. The van der Waals surface area contributed by atoms with Gasteiger partial charge in [-0.25, -0.2) is 14.3 Å². The number of nitrogens with zero attached hydrogens (tertiary/aromatic N) is 3. The Hall–Kier alpha value is -3.71. The lowest BCUT2D eigenvalue weighted by molar-refractivity contribution is -0.689. The molecule has 2 aliphatic heterocycles. The number of anilines is 1. The van der Waals surface area contributed by atoms with E-state index in [1.165, 1.54) is 28.1 Å². The summed E-state index contributed by atoms with van der Waals surface area (Å²) in [4.78, 5) is 54.1. The van der Waals surface area contributed by atoms with Crippen molar-refractivity contribution in [2.24, 2.45) is 0 Å². The van der Waals surface area contributed by atoms with Gasteiger partial charge in [0.15, 0.2) is 24.1 Å². The Morgan fingerprint density at radius 3 is 2.62 bits per heavy atom. The lowest BCUT2D eigenvalue weighted by Gasteiger charge is -2.49. The van der Waals surface area contributed by atoms with Crippen LogP contribution in [0.3, 0.4) is 0 Å². The van der Waals surface area contributed by atoms with Gasteiger partial charge in [0.25, 0.3) is 11.8 Å². The third kappa shape index (κ3) is 4.65. The normalized spacial score (nSPS) is 19.9. The maximum Gasteiger partial charge on any atom is 0.352 e. The van der Waals surface area contributed by atoms with Crippen molar-refractivity contribution < 1.29 is 34.0 Å². The summed E-state index contributed by atoms with van der Waals surface area (Å²) in [6.45, 7) is 0.316. The summed E-state index contributed by atoms with van der Waals surface area (Å²) in [6.07, 6.45) is 4.40. The van der Waals surface area contributed by atoms with Crippen molar-refractivity contribution in [2.45, 2.75) is 24.4 Å². The number of hydrogen-bond acceptors (Lipinski definition) is 8. The molecular weight excluding hydrogens is 482 g/mol. The first kappa shape index (κ1) is 23.4. The van der Waals surface area contributed by atoms with Crippen molar-refractivity contribution in [3.8, 4) is 0 Å². The van der Waals surface area contributed by atoms with Gasteiger partial charge in [-0.15, -0.1) is 23.1 Å². The zero-order valence-electron chi connectivity index (χ0n) is 17.6. The van der Waals surface area contributed by atoms with E-state index in [0.29, 0.717) is 17.9 Å². The Morgan fingerprint density at radius 1 is 1.26 bits per heavy atom. The van der Waals surface area contributed by atoms with Crippen LogP contribution in [0.1, 0.15) is 12.1 Å². The quantitative estimate of drug-likeness (QED) is 0.226. The van der Waals surface area contributed by atoms with Gasteiger partial charge < -0.3 is 21.3 Å². The first-order valence-corrected chi connectivity index (χ1v) is 12.0. The number of nitrogens with one attached hydrogen (secondary N) is 1. The minimum Gasteiger partial charge on any atom is -0.481 e. The molecule has 0 bridgehead atoms. The summed E-state index contributed by atoms with van der Waals surface area (Å²) in [7, 11) is 0. The van der Waals surface area contributed by atoms with E-state index in [4.69, 9.17) is 10.8 Å². The molecule has 2 aromatic rings. The predicted octanol–water partition coefficient (Wildman–Crippen LogP) is 0.310.